The van der Waals surface area contributed by atoms with Crippen LogP contribution in [0.3, 0.4) is 0 Å². The second-order valence-corrected chi connectivity index (χ2v) is 8.21. The predicted octanol–water partition coefficient (Wildman–Crippen LogP) is 4.09. The van der Waals surface area contributed by atoms with Crippen molar-refractivity contribution in [3.8, 4) is 11.5 Å². The minimum absolute atomic E-state index is 0.0670. The summed E-state index contributed by atoms with van der Waals surface area (Å²) in [6, 6.07) is 19.2. The van der Waals surface area contributed by atoms with Crippen LogP contribution in [0.25, 0.3) is 10.9 Å². The molecular formula is C28H27N5O4. The molecule has 2 aromatic heterocycles. The topological polar surface area (TPSA) is 117 Å². The Balaban J connectivity index is 1.44. The molecule has 4 aromatic rings. The summed E-state index contributed by atoms with van der Waals surface area (Å²) in [5, 5.41) is 15.3. The minimum atomic E-state index is -0.269. The van der Waals surface area contributed by atoms with Crippen LogP contribution in [0.1, 0.15) is 10.4 Å². The van der Waals surface area contributed by atoms with Crippen LogP contribution in [0.15, 0.2) is 91.3 Å². The third-order valence-electron chi connectivity index (χ3n) is 5.39. The number of nitrogens with one attached hydrogen (secondary N) is 2. The quantitative estimate of drug-likeness (QED) is 0.283. The molecule has 0 radical (unpaired) electrons. The van der Waals surface area contributed by atoms with E-state index in [2.05, 4.69) is 20.6 Å². The number of likely N-dealkylation sites (N-methyl/N-ethyl adjacent to an activating group) is 1. The van der Waals surface area contributed by atoms with Gasteiger partial charge in [-0.25, -0.2) is 4.98 Å². The summed E-state index contributed by atoms with van der Waals surface area (Å²) >= 11 is 0. The lowest BCUT2D eigenvalue weighted by molar-refractivity contribution is -0.111. The first-order valence-corrected chi connectivity index (χ1v) is 11.7. The van der Waals surface area contributed by atoms with Crippen molar-refractivity contribution in [2.45, 2.75) is 0 Å². The standard InChI is InChI=1S/C28H27N5O4/c1-33(17-18-34)16-4-6-27(35)31-21-9-12-24-23(19-21)25(13-15-29-24)37-22-10-7-20(8-11-22)28(36)32-26-5-2-3-14-30-26/h2-15,19,34H,16-18H2,1H3,(H,31,35)(H,30,32,36)/b6-4-. The summed E-state index contributed by atoms with van der Waals surface area (Å²) in [6.07, 6.45) is 6.46. The van der Waals surface area contributed by atoms with Crippen molar-refractivity contribution < 1.29 is 19.4 Å². The van der Waals surface area contributed by atoms with E-state index in [9.17, 15) is 9.59 Å². The Morgan fingerprint density at radius 1 is 1.00 bits per heavy atom. The zero-order chi connectivity index (χ0) is 26.0. The van der Waals surface area contributed by atoms with Gasteiger partial charge >= 0.3 is 0 Å². The number of hydrogen-bond acceptors (Lipinski definition) is 7. The predicted molar refractivity (Wildman–Crippen MR) is 143 cm³/mol. The highest BCUT2D eigenvalue weighted by Gasteiger charge is 2.10. The number of pyridine rings is 2. The van der Waals surface area contributed by atoms with Crippen molar-refractivity contribution in [3.05, 3.63) is 96.8 Å². The molecular weight excluding hydrogens is 470 g/mol. The number of amides is 2. The molecule has 0 fully saturated rings. The zero-order valence-corrected chi connectivity index (χ0v) is 20.3. The Hall–Kier alpha value is -4.60. The van der Waals surface area contributed by atoms with E-state index in [1.165, 1.54) is 6.08 Å². The Morgan fingerprint density at radius 2 is 1.84 bits per heavy atom. The largest absolute Gasteiger partial charge is 0.457 e. The number of fused-ring (bicyclic) bond motifs is 1. The van der Waals surface area contributed by atoms with E-state index in [4.69, 9.17) is 9.84 Å². The Bertz CT molecular complexity index is 1390. The van der Waals surface area contributed by atoms with Crippen molar-refractivity contribution in [1.29, 1.82) is 0 Å². The van der Waals surface area contributed by atoms with Gasteiger partial charge < -0.3 is 25.4 Å². The first kappa shape index (κ1) is 25.5. The lowest BCUT2D eigenvalue weighted by Crippen LogP contribution is -2.22. The van der Waals surface area contributed by atoms with Crippen molar-refractivity contribution in [1.82, 2.24) is 14.9 Å². The highest BCUT2D eigenvalue weighted by atomic mass is 16.5. The summed E-state index contributed by atoms with van der Waals surface area (Å²) < 4.78 is 6.08. The molecule has 0 bridgehead atoms. The highest BCUT2D eigenvalue weighted by molar-refractivity contribution is 6.04. The van der Waals surface area contributed by atoms with Crippen LogP contribution < -0.4 is 15.4 Å². The van der Waals surface area contributed by atoms with E-state index in [0.29, 0.717) is 47.2 Å². The van der Waals surface area contributed by atoms with E-state index >= 15 is 0 Å². The molecule has 0 unspecified atom stereocenters. The van der Waals surface area contributed by atoms with Gasteiger partial charge in [-0.15, -0.1) is 0 Å². The molecule has 0 saturated heterocycles. The molecule has 9 nitrogen and oxygen atoms in total. The third kappa shape index (κ3) is 7.20. The normalized spacial score (nSPS) is 11.1. The molecule has 0 aliphatic heterocycles. The van der Waals surface area contributed by atoms with Gasteiger partial charge in [0, 0.05) is 48.2 Å². The number of nitrogens with zero attached hydrogens (tertiary/aromatic N) is 3. The SMILES string of the molecule is CN(C/C=C\C(=O)Nc1ccc2nccc(Oc3ccc(C(=O)Nc4ccccn4)cc3)c2c1)CCO. The summed E-state index contributed by atoms with van der Waals surface area (Å²) in [6.45, 7) is 1.15. The molecule has 9 heteroatoms. The molecule has 3 N–H and O–H groups in total. The summed E-state index contributed by atoms with van der Waals surface area (Å²) in [5.74, 6) is 1.06. The fraction of sp³-hybridized carbons (Fsp3) is 0.143. The molecule has 37 heavy (non-hydrogen) atoms. The molecule has 2 heterocycles. The fourth-order valence-corrected chi connectivity index (χ4v) is 3.50. The molecule has 4 rings (SSSR count). The number of hydrogen-bond donors (Lipinski definition) is 3. The first-order chi connectivity index (χ1) is 18.0. The number of aliphatic hydroxyl groups is 1. The van der Waals surface area contributed by atoms with Crippen molar-refractivity contribution in [3.63, 3.8) is 0 Å². The van der Waals surface area contributed by atoms with Crippen LogP contribution in [-0.4, -0.2) is 58.5 Å². The highest BCUT2D eigenvalue weighted by Crippen LogP contribution is 2.31. The maximum atomic E-state index is 12.5. The molecule has 0 aliphatic rings. The van der Waals surface area contributed by atoms with E-state index in [-0.39, 0.29) is 18.4 Å². The van der Waals surface area contributed by atoms with E-state index in [0.717, 1.165) is 5.39 Å². The third-order valence-corrected chi connectivity index (χ3v) is 5.39. The van der Waals surface area contributed by atoms with E-state index in [1.807, 2.05) is 18.0 Å². The van der Waals surface area contributed by atoms with Crippen LogP contribution in [0.4, 0.5) is 11.5 Å². The molecule has 0 saturated carbocycles. The Morgan fingerprint density at radius 3 is 2.59 bits per heavy atom. The number of aliphatic hydroxyl groups excluding tert-OH is 1. The Kier molecular flexibility index (Phi) is 8.53. The fourth-order valence-electron chi connectivity index (χ4n) is 3.50. The number of carbonyl (C=O) groups is 2. The van der Waals surface area contributed by atoms with Gasteiger partial charge in [-0.3, -0.25) is 14.6 Å². The van der Waals surface area contributed by atoms with Crippen LogP contribution in [0.2, 0.25) is 0 Å². The van der Waals surface area contributed by atoms with E-state index < -0.39 is 0 Å². The van der Waals surface area contributed by atoms with Crippen LogP contribution >= 0.6 is 0 Å². The number of aromatic nitrogens is 2. The average Bonchev–Trinajstić information content (AvgIpc) is 2.90. The van der Waals surface area contributed by atoms with Gasteiger partial charge in [0.2, 0.25) is 5.91 Å². The number of rotatable bonds is 10. The van der Waals surface area contributed by atoms with Gasteiger partial charge in [-0.1, -0.05) is 12.1 Å². The molecule has 0 spiro atoms. The molecule has 188 valence electrons. The zero-order valence-electron chi connectivity index (χ0n) is 20.3. The monoisotopic (exact) mass is 497 g/mol. The van der Waals surface area contributed by atoms with Crippen molar-refractivity contribution in [2.24, 2.45) is 0 Å². The Labute approximate surface area is 214 Å². The van der Waals surface area contributed by atoms with Crippen LogP contribution in [0, 0.1) is 0 Å². The first-order valence-electron chi connectivity index (χ1n) is 11.7. The average molecular weight is 498 g/mol. The van der Waals surface area contributed by atoms with Crippen LogP contribution in [0.5, 0.6) is 11.5 Å². The molecule has 2 aromatic carbocycles. The van der Waals surface area contributed by atoms with Gasteiger partial charge in [-0.2, -0.15) is 0 Å². The molecule has 0 aliphatic carbocycles. The number of benzene rings is 2. The van der Waals surface area contributed by atoms with Gasteiger partial charge in [-0.05, 0) is 67.7 Å². The van der Waals surface area contributed by atoms with Crippen molar-refractivity contribution in [2.75, 3.05) is 37.4 Å². The molecule has 0 atom stereocenters. The van der Waals surface area contributed by atoms with Crippen molar-refractivity contribution >= 4 is 34.2 Å². The maximum absolute atomic E-state index is 12.5. The van der Waals surface area contributed by atoms with E-state index in [1.54, 1.807) is 79.1 Å². The summed E-state index contributed by atoms with van der Waals surface area (Å²) in [5.41, 5.74) is 1.78. The molecule has 2 amide bonds. The van der Waals surface area contributed by atoms with Gasteiger partial charge in [0.1, 0.15) is 17.3 Å². The van der Waals surface area contributed by atoms with Gasteiger partial charge in [0.05, 0.1) is 12.1 Å². The second-order valence-electron chi connectivity index (χ2n) is 8.21. The summed E-state index contributed by atoms with van der Waals surface area (Å²) in [4.78, 5) is 35.1. The second kappa shape index (κ2) is 12.4. The van der Waals surface area contributed by atoms with Crippen LogP contribution in [-0.2, 0) is 4.79 Å². The lowest BCUT2D eigenvalue weighted by atomic mass is 10.1. The summed E-state index contributed by atoms with van der Waals surface area (Å²) in [7, 11) is 1.86. The van der Waals surface area contributed by atoms with Gasteiger partial charge in [0.25, 0.3) is 5.91 Å². The van der Waals surface area contributed by atoms with Gasteiger partial charge in [0.15, 0.2) is 0 Å². The number of ether oxygens (including phenoxy) is 1. The number of anilines is 2. The maximum Gasteiger partial charge on any atom is 0.256 e. The lowest BCUT2D eigenvalue weighted by Gasteiger charge is -2.12. The smallest absolute Gasteiger partial charge is 0.256 e. The number of carbonyl (C=O) groups excluding carboxylic acids is 2. The minimum Gasteiger partial charge on any atom is -0.457 e.